The van der Waals surface area contributed by atoms with Crippen molar-refractivity contribution in [1.29, 1.82) is 0 Å². The van der Waals surface area contributed by atoms with E-state index in [-0.39, 0.29) is 11.5 Å². The number of nitrogens with zero attached hydrogens (tertiary/aromatic N) is 5. The minimum absolute atomic E-state index is 0.0988. The van der Waals surface area contributed by atoms with Crippen LogP contribution < -0.4 is 10.2 Å². The van der Waals surface area contributed by atoms with E-state index in [2.05, 4.69) is 50.8 Å². The molecule has 11 nitrogen and oxygen atoms in total. The maximum atomic E-state index is 12.5. The van der Waals surface area contributed by atoms with Crippen LogP contribution in [0.25, 0.3) is 0 Å². The second kappa shape index (κ2) is 10.6. The van der Waals surface area contributed by atoms with Gasteiger partial charge in [0.25, 0.3) is 17.3 Å². The summed E-state index contributed by atoms with van der Waals surface area (Å²) in [6, 6.07) is 11.3. The number of rotatable bonds is 8. The van der Waals surface area contributed by atoms with E-state index >= 15 is 0 Å². The van der Waals surface area contributed by atoms with E-state index in [4.69, 9.17) is 0 Å². The molecule has 4 rings (SSSR count). The van der Waals surface area contributed by atoms with E-state index in [1.165, 1.54) is 22.7 Å². The van der Waals surface area contributed by atoms with Crippen molar-refractivity contribution < 1.29 is 14.6 Å². The fraction of sp³-hybridized carbons (Fsp3) is 0.348. The summed E-state index contributed by atoms with van der Waals surface area (Å²) >= 11 is 1.39. The molecular weight excluding hydrogens is 472 g/mol. The van der Waals surface area contributed by atoms with Gasteiger partial charge in [-0.05, 0) is 31.2 Å². The Morgan fingerprint density at radius 3 is 2.31 bits per heavy atom. The van der Waals surface area contributed by atoms with Crippen LogP contribution in [-0.4, -0.2) is 44.7 Å². The van der Waals surface area contributed by atoms with Crippen molar-refractivity contribution in [3.8, 4) is 0 Å². The van der Waals surface area contributed by atoms with Gasteiger partial charge >= 0.3 is 0 Å². The Morgan fingerprint density at radius 2 is 1.71 bits per heavy atom. The third-order valence-electron chi connectivity index (χ3n) is 5.96. The number of non-ortho nitro benzene ring substituents is 2. The second-order valence-electron chi connectivity index (χ2n) is 8.55. The summed E-state index contributed by atoms with van der Waals surface area (Å²) in [5.41, 5.74) is 1.31. The molecule has 2 heterocycles. The molecular formula is C23H24N6O5S. The van der Waals surface area contributed by atoms with Gasteiger partial charge in [-0.1, -0.05) is 29.8 Å². The molecule has 1 amide bonds. The molecule has 1 N–H and O–H groups in total. The van der Waals surface area contributed by atoms with E-state index in [1.807, 2.05) is 0 Å². The molecule has 1 aromatic heterocycles. The Kier molecular flexibility index (Phi) is 7.30. The largest absolute Gasteiger partial charge is 0.352 e. The molecule has 0 saturated carbocycles. The number of carbonyl (C=O) groups excluding carboxylic acids is 1. The number of nitro benzene ring substituents is 2. The molecule has 1 saturated heterocycles. The topological polar surface area (TPSA) is 144 Å². The fourth-order valence-corrected chi connectivity index (χ4v) is 4.67. The number of anilines is 1. The molecule has 1 aliphatic heterocycles. The number of aromatic nitrogens is 2. The van der Waals surface area contributed by atoms with Gasteiger partial charge in [0.05, 0.1) is 21.5 Å². The maximum absolute atomic E-state index is 12.5. The van der Waals surface area contributed by atoms with Gasteiger partial charge < -0.3 is 10.2 Å². The lowest BCUT2D eigenvalue weighted by molar-refractivity contribution is -0.394. The third kappa shape index (κ3) is 6.15. The molecule has 0 atom stereocenters. The zero-order valence-corrected chi connectivity index (χ0v) is 19.9. The van der Waals surface area contributed by atoms with Crippen LogP contribution in [0.1, 0.15) is 40.2 Å². The standard InChI is InChI=1S/C23H24N6O5S/c1-15-2-4-16(5-3-15)10-21-25-23(35-26-21)27-8-6-17(7-9-27)14-24-22(30)18-11-19(28(31)32)13-20(12-18)29(33)34/h2-5,11-13,17H,6-10,14H2,1H3,(H,24,30). The number of hydrogen-bond donors (Lipinski definition) is 1. The van der Waals surface area contributed by atoms with Crippen molar-refractivity contribution in [1.82, 2.24) is 14.7 Å². The maximum Gasteiger partial charge on any atom is 0.277 e. The van der Waals surface area contributed by atoms with E-state index < -0.39 is 27.1 Å². The van der Waals surface area contributed by atoms with Gasteiger partial charge in [0.15, 0.2) is 0 Å². The summed E-state index contributed by atoms with van der Waals surface area (Å²) in [4.78, 5) is 40.0. The smallest absolute Gasteiger partial charge is 0.277 e. The first-order chi connectivity index (χ1) is 16.8. The average molecular weight is 497 g/mol. The Bertz CT molecular complexity index is 1210. The van der Waals surface area contributed by atoms with Crippen LogP contribution in [0.2, 0.25) is 0 Å². The molecule has 0 radical (unpaired) electrons. The van der Waals surface area contributed by atoms with Crippen LogP contribution in [0, 0.1) is 33.1 Å². The highest BCUT2D eigenvalue weighted by Crippen LogP contribution is 2.26. The Morgan fingerprint density at radius 1 is 1.09 bits per heavy atom. The fourth-order valence-electron chi connectivity index (χ4n) is 3.94. The lowest BCUT2D eigenvalue weighted by Crippen LogP contribution is -2.38. The molecule has 0 spiro atoms. The van der Waals surface area contributed by atoms with Crippen LogP contribution in [0.5, 0.6) is 0 Å². The first kappa shape index (κ1) is 24.2. The Balaban J connectivity index is 1.29. The highest BCUT2D eigenvalue weighted by Gasteiger charge is 2.24. The third-order valence-corrected chi connectivity index (χ3v) is 6.78. The summed E-state index contributed by atoms with van der Waals surface area (Å²) in [5, 5.41) is 25.7. The van der Waals surface area contributed by atoms with Gasteiger partial charge in [0.1, 0.15) is 5.82 Å². The number of hydrogen-bond acceptors (Lipinski definition) is 9. The summed E-state index contributed by atoms with van der Waals surface area (Å²) in [6.45, 7) is 4.00. The quantitative estimate of drug-likeness (QED) is 0.365. The van der Waals surface area contributed by atoms with Crippen molar-refractivity contribution in [2.75, 3.05) is 24.5 Å². The van der Waals surface area contributed by atoms with Crippen molar-refractivity contribution in [3.05, 3.63) is 85.2 Å². The van der Waals surface area contributed by atoms with Gasteiger partial charge in [-0.2, -0.15) is 4.37 Å². The van der Waals surface area contributed by atoms with Crippen molar-refractivity contribution in [2.24, 2.45) is 5.92 Å². The molecule has 2 aromatic carbocycles. The lowest BCUT2D eigenvalue weighted by Gasteiger charge is -2.31. The summed E-state index contributed by atoms with van der Waals surface area (Å²) < 4.78 is 4.50. The second-order valence-corrected chi connectivity index (χ2v) is 9.28. The number of carbonyl (C=O) groups is 1. The van der Waals surface area contributed by atoms with Crippen molar-refractivity contribution in [3.63, 3.8) is 0 Å². The van der Waals surface area contributed by atoms with E-state index in [0.717, 1.165) is 55.1 Å². The van der Waals surface area contributed by atoms with Gasteiger partial charge in [0.2, 0.25) is 5.13 Å². The van der Waals surface area contributed by atoms with Gasteiger partial charge in [0, 0.05) is 49.7 Å². The molecule has 182 valence electrons. The zero-order valence-electron chi connectivity index (χ0n) is 19.0. The number of aryl methyl sites for hydroxylation is 1. The zero-order chi connectivity index (χ0) is 24.9. The molecule has 35 heavy (non-hydrogen) atoms. The average Bonchev–Trinajstić information content (AvgIpc) is 3.32. The minimum atomic E-state index is -0.751. The Labute approximate surface area is 205 Å². The van der Waals surface area contributed by atoms with Crippen LogP contribution in [0.15, 0.2) is 42.5 Å². The number of nitro groups is 2. The van der Waals surface area contributed by atoms with Crippen LogP contribution in [0.4, 0.5) is 16.5 Å². The highest BCUT2D eigenvalue weighted by molar-refractivity contribution is 7.09. The normalized spacial score (nSPS) is 14.0. The highest BCUT2D eigenvalue weighted by atomic mass is 32.1. The molecule has 0 aliphatic carbocycles. The monoisotopic (exact) mass is 496 g/mol. The van der Waals surface area contributed by atoms with Crippen molar-refractivity contribution >= 4 is 33.9 Å². The van der Waals surface area contributed by atoms with E-state index in [0.29, 0.717) is 13.0 Å². The molecule has 0 bridgehead atoms. The predicted octanol–water partition coefficient (Wildman–Crippen LogP) is 3.90. The minimum Gasteiger partial charge on any atom is -0.352 e. The summed E-state index contributed by atoms with van der Waals surface area (Å²) in [6.07, 6.45) is 2.36. The number of piperidine rings is 1. The summed E-state index contributed by atoms with van der Waals surface area (Å²) in [5.74, 6) is 0.460. The van der Waals surface area contributed by atoms with Crippen molar-refractivity contribution in [2.45, 2.75) is 26.2 Å². The lowest BCUT2D eigenvalue weighted by atomic mass is 9.97. The van der Waals surface area contributed by atoms with Gasteiger partial charge in [-0.3, -0.25) is 25.0 Å². The first-order valence-corrected chi connectivity index (χ1v) is 11.9. The number of amides is 1. The number of benzene rings is 2. The Hall–Kier alpha value is -3.93. The van der Waals surface area contributed by atoms with E-state index in [1.54, 1.807) is 0 Å². The molecule has 12 heteroatoms. The van der Waals surface area contributed by atoms with Crippen LogP contribution in [-0.2, 0) is 6.42 Å². The van der Waals surface area contributed by atoms with Crippen LogP contribution >= 0.6 is 11.5 Å². The van der Waals surface area contributed by atoms with Gasteiger partial charge in [-0.25, -0.2) is 4.98 Å². The van der Waals surface area contributed by atoms with E-state index in [9.17, 15) is 25.0 Å². The molecule has 1 aliphatic rings. The SMILES string of the molecule is Cc1ccc(Cc2nsc(N3CCC(CNC(=O)c4cc([N+](=O)[O-])cc([N+](=O)[O-])c4)CC3)n2)cc1. The summed E-state index contributed by atoms with van der Waals surface area (Å²) in [7, 11) is 0. The molecule has 1 fully saturated rings. The number of nitrogens with one attached hydrogen (secondary N) is 1. The predicted molar refractivity (Wildman–Crippen MR) is 131 cm³/mol. The molecule has 3 aromatic rings. The molecule has 0 unspecified atom stereocenters. The van der Waals surface area contributed by atoms with Crippen LogP contribution in [0.3, 0.4) is 0 Å². The first-order valence-electron chi connectivity index (χ1n) is 11.1. The van der Waals surface area contributed by atoms with Gasteiger partial charge in [-0.15, -0.1) is 0 Å².